The van der Waals surface area contributed by atoms with Gasteiger partial charge >= 0.3 is 0 Å². The molecule has 2 N–H and O–H groups in total. The normalized spacial score (nSPS) is 15.9. The molecule has 0 saturated carbocycles. The molecule has 0 aliphatic carbocycles. The Balaban J connectivity index is 1.25. The van der Waals surface area contributed by atoms with E-state index in [0.29, 0.717) is 6.42 Å². The number of hydrogen-bond acceptors (Lipinski definition) is 2. The van der Waals surface area contributed by atoms with E-state index in [4.69, 9.17) is 0 Å². The molecule has 1 aromatic heterocycles. The number of carbonyl (C=O) groups excluding carboxylic acids is 1. The van der Waals surface area contributed by atoms with Gasteiger partial charge in [0.1, 0.15) is 5.82 Å². The fourth-order valence-electron chi connectivity index (χ4n) is 5.13. The number of hydrogen-bond donors (Lipinski definition) is 2. The first-order chi connectivity index (χ1) is 16.6. The van der Waals surface area contributed by atoms with Gasteiger partial charge in [0.25, 0.3) is 0 Å². The van der Waals surface area contributed by atoms with Crippen LogP contribution in [0.3, 0.4) is 0 Å². The second-order valence-corrected chi connectivity index (χ2v) is 9.25. The first-order valence-electron chi connectivity index (χ1n) is 12.0. The SMILES string of the molecule is O=C(Cc1ccccc1)NC1(c2ccccc2)CCN(CCc2c[nH]c3ccc(F)cc23)CC1. The summed E-state index contributed by atoms with van der Waals surface area (Å²) in [4.78, 5) is 18.7. The van der Waals surface area contributed by atoms with Crippen LogP contribution in [0.1, 0.15) is 29.5 Å². The van der Waals surface area contributed by atoms with E-state index in [9.17, 15) is 9.18 Å². The summed E-state index contributed by atoms with van der Waals surface area (Å²) >= 11 is 0. The molecule has 1 amide bonds. The Hall–Kier alpha value is -3.44. The average Bonchev–Trinajstić information content (AvgIpc) is 3.26. The number of halogens is 1. The number of aromatic amines is 1. The molecule has 34 heavy (non-hydrogen) atoms. The second kappa shape index (κ2) is 9.82. The lowest BCUT2D eigenvalue weighted by Gasteiger charge is -2.43. The maximum absolute atomic E-state index is 13.7. The van der Waals surface area contributed by atoms with E-state index in [1.807, 2.05) is 54.7 Å². The fourth-order valence-corrected chi connectivity index (χ4v) is 5.13. The van der Waals surface area contributed by atoms with Crippen LogP contribution in [-0.2, 0) is 23.2 Å². The van der Waals surface area contributed by atoms with Gasteiger partial charge in [-0.25, -0.2) is 4.39 Å². The van der Waals surface area contributed by atoms with Gasteiger partial charge in [-0.05, 0) is 54.2 Å². The summed E-state index contributed by atoms with van der Waals surface area (Å²) in [5.41, 5.74) is 3.96. The lowest BCUT2D eigenvalue weighted by atomic mass is 9.80. The summed E-state index contributed by atoms with van der Waals surface area (Å²) in [6, 6.07) is 25.1. The average molecular weight is 456 g/mol. The van der Waals surface area contributed by atoms with Crippen LogP contribution in [0.5, 0.6) is 0 Å². The molecule has 2 heterocycles. The van der Waals surface area contributed by atoms with E-state index in [1.165, 1.54) is 11.6 Å². The molecule has 0 spiro atoms. The van der Waals surface area contributed by atoms with Gasteiger partial charge in [-0.3, -0.25) is 4.79 Å². The molecule has 5 rings (SSSR count). The number of piperidine rings is 1. The molecule has 4 aromatic rings. The third-order valence-corrected chi connectivity index (χ3v) is 7.05. The van der Waals surface area contributed by atoms with Crippen molar-refractivity contribution in [3.63, 3.8) is 0 Å². The second-order valence-electron chi connectivity index (χ2n) is 9.25. The topological polar surface area (TPSA) is 48.1 Å². The summed E-state index contributed by atoms with van der Waals surface area (Å²) in [6.07, 6.45) is 4.96. The number of nitrogens with zero attached hydrogens (tertiary/aromatic N) is 1. The zero-order valence-electron chi connectivity index (χ0n) is 19.3. The van der Waals surface area contributed by atoms with Crippen molar-refractivity contribution in [3.8, 4) is 0 Å². The first-order valence-corrected chi connectivity index (χ1v) is 12.0. The molecule has 1 aliphatic rings. The standard InChI is InChI=1S/C29H30FN3O/c30-25-11-12-27-26(20-25)23(21-31-27)13-16-33-17-14-29(15-18-33,24-9-5-2-6-10-24)32-28(34)19-22-7-3-1-4-8-22/h1-12,20-21,31H,13-19H2,(H,32,34). The van der Waals surface area contributed by atoms with Gasteiger partial charge in [-0.15, -0.1) is 0 Å². The summed E-state index contributed by atoms with van der Waals surface area (Å²) in [5.74, 6) is -0.144. The number of likely N-dealkylation sites (tertiary alicyclic amines) is 1. The number of fused-ring (bicyclic) bond motifs is 1. The minimum atomic E-state index is -0.354. The molecular weight excluding hydrogens is 425 g/mol. The minimum Gasteiger partial charge on any atom is -0.361 e. The Bertz CT molecular complexity index is 1240. The summed E-state index contributed by atoms with van der Waals surface area (Å²) in [6.45, 7) is 2.71. The van der Waals surface area contributed by atoms with Crippen LogP contribution in [-0.4, -0.2) is 35.4 Å². The summed E-state index contributed by atoms with van der Waals surface area (Å²) < 4.78 is 13.7. The lowest BCUT2D eigenvalue weighted by Crippen LogP contribution is -2.53. The Morgan fingerprint density at radius 2 is 1.68 bits per heavy atom. The molecule has 174 valence electrons. The highest BCUT2D eigenvalue weighted by Gasteiger charge is 2.37. The van der Waals surface area contributed by atoms with Crippen LogP contribution in [0.15, 0.2) is 85.1 Å². The predicted octanol–water partition coefficient (Wildman–Crippen LogP) is 5.20. The van der Waals surface area contributed by atoms with Gasteiger partial charge in [-0.1, -0.05) is 60.7 Å². The van der Waals surface area contributed by atoms with Crippen molar-refractivity contribution in [2.24, 2.45) is 0 Å². The van der Waals surface area contributed by atoms with E-state index in [2.05, 4.69) is 27.3 Å². The largest absolute Gasteiger partial charge is 0.361 e. The maximum Gasteiger partial charge on any atom is 0.225 e. The molecule has 1 fully saturated rings. The zero-order chi connectivity index (χ0) is 23.4. The predicted molar refractivity (Wildman–Crippen MR) is 134 cm³/mol. The highest BCUT2D eigenvalue weighted by Crippen LogP contribution is 2.33. The van der Waals surface area contributed by atoms with Crippen molar-refractivity contribution >= 4 is 16.8 Å². The maximum atomic E-state index is 13.7. The highest BCUT2D eigenvalue weighted by atomic mass is 19.1. The van der Waals surface area contributed by atoms with E-state index >= 15 is 0 Å². The van der Waals surface area contributed by atoms with Gasteiger partial charge in [0.05, 0.1) is 12.0 Å². The summed E-state index contributed by atoms with van der Waals surface area (Å²) in [5, 5.41) is 4.37. The van der Waals surface area contributed by atoms with Crippen LogP contribution < -0.4 is 5.32 Å². The molecule has 4 nitrogen and oxygen atoms in total. The number of rotatable bonds is 7. The summed E-state index contributed by atoms with van der Waals surface area (Å²) in [7, 11) is 0. The number of carbonyl (C=O) groups is 1. The number of benzene rings is 3. The van der Waals surface area contributed by atoms with E-state index in [-0.39, 0.29) is 17.3 Å². The molecule has 0 atom stereocenters. The molecule has 5 heteroatoms. The molecule has 3 aromatic carbocycles. The Morgan fingerprint density at radius 1 is 0.971 bits per heavy atom. The minimum absolute atomic E-state index is 0.0596. The van der Waals surface area contributed by atoms with Gasteiger partial charge in [0.2, 0.25) is 5.91 Å². The van der Waals surface area contributed by atoms with E-state index in [1.54, 1.807) is 12.1 Å². The molecule has 0 unspecified atom stereocenters. The van der Waals surface area contributed by atoms with Gasteiger partial charge in [-0.2, -0.15) is 0 Å². The Morgan fingerprint density at radius 3 is 2.41 bits per heavy atom. The smallest absolute Gasteiger partial charge is 0.225 e. The lowest BCUT2D eigenvalue weighted by molar-refractivity contribution is -0.123. The monoisotopic (exact) mass is 455 g/mol. The Labute approximate surface area is 199 Å². The van der Waals surface area contributed by atoms with Crippen molar-refractivity contribution < 1.29 is 9.18 Å². The molecule has 1 saturated heterocycles. The van der Waals surface area contributed by atoms with Gasteiger partial charge < -0.3 is 15.2 Å². The van der Waals surface area contributed by atoms with Crippen molar-refractivity contribution in [1.29, 1.82) is 0 Å². The molecule has 1 aliphatic heterocycles. The van der Waals surface area contributed by atoms with Crippen LogP contribution in [0.2, 0.25) is 0 Å². The van der Waals surface area contributed by atoms with E-state index < -0.39 is 0 Å². The van der Waals surface area contributed by atoms with Crippen molar-refractivity contribution in [2.45, 2.75) is 31.2 Å². The van der Waals surface area contributed by atoms with Gasteiger partial charge in [0, 0.05) is 36.7 Å². The van der Waals surface area contributed by atoms with Gasteiger partial charge in [0.15, 0.2) is 0 Å². The van der Waals surface area contributed by atoms with Crippen LogP contribution in [0, 0.1) is 5.82 Å². The fraction of sp³-hybridized carbons (Fsp3) is 0.276. The molecule has 0 radical (unpaired) electrons. The first kappa shape index (κ1) is 22.4. The third-order valence-electron chi connectivity index (χ3n) is 7.05. The molecular formula is C29H30FN3O. The number of nitrogens with one attached hydrogen (secondary N) is 2. The van der Waals surface area contributed by atoms with Crippen LogP contribution in [0.25, 0.3) is 10.9 Å². The third kappa shape index (κ3) is 4.90. The zero-order valence-corrected chi connectivity index (χ0v) is 19.3. The Kier molecular flexibility index (Phi) is 6.45. The quantitative estimate of drug-likeness (QED) is 0.402. The van der Waals surface area contributed by atoms with E-state index in [0.717, 1.165) is 60.9 Å². The van der Waals surface area contributed by atoms with Crippen molar-refractivity contribution in [1.82, 2.24) is 15.2 Å². The highest BCUT2D eigenvalue weighted by molar-refractivity contribution is 5.83. The van der Waals surface area contributed by atoms with Crippen LogP contribution in [0.4, 0.5) is 4.39 Å². The number of H-pyrrole nitrogens is 1. The van der Waals surface area contributed by atoms with Crippen LogP contribution >= 0.6 is 0 Å². The molecule has 0 bridgehead atoms. The van der Waals surface area contributed by atoms with Crippen molar-refractivity contribution in [3.05, 3.63) is 108 Å². The number of aromatic nitrogens is 1. The number of amides is 1. The van der Waals surface area contributed by atoms with Crippen molar-refractivity contribution in [2.75, 3.05) is 19.6 Å².